The van der Waals surface area contributed by atoms with Gasteiger partial charge in [-0.05, 0) is 25.3 Å². The van der Waals surface area contributed by atoms with Gasteiger partial charge in [-0.2, -0.15) is 0 Å². The van der Waals surface area contributed by atoms with Crippen molar-refractivity contribution in [3.05, 3.63) is 0 Å². The topological polar surface area (TPSA) is 43.7 Å². The van der Waals surface area contributed by atoms with Crippen LogP contribution in [0.3, 0.4) is 0 Å². The Kier molecular flexibility index (Phi) is 4.56. The highest BCUT2D eigenvalue weighted by atomic mass is 16.3. The summed E-state index contributed by atoms with van der Waals surface area (Å²) in [4.78, 5) is 2.43. The number of hydrogen-bond donors (Lipinski definition) is 2. The van der Waals surface area contributed by atoms with Crippen LogP contribution in [-0.4, -0.2) is 47.5 Å². The number of rotatable bonds is 5. The van der Waals surface area contributed by atoms with Crippen LogP contribution >= 0.6 is 0 Å². The second kappa shape index (κ2) is 5.28. The molecule has 0 aromatic rings. The smallest absolute Gasteiger partial charge is 0.0519 e. The Morgan fingerprint density at radius 2 is 1.93 bits per heavy atom. The van der Waals surface area contributed by atoms with Crippen LogP contribution in [0.25, 0.3) is 0 Å². The van der Waals surface area contributed by atoms with Gasteiger partial charge in [0.05, 0.1) is 13.2 Å². The molecule has 1 aliphatic rings. The number of aliphatic hydroxyl groups is 2. The monoisotopic (exact) mass is 215 g/mol. The summed E-state index contributed by atoms with van der Waals surface area (Å²) in [6.07, 6.45) is 2.50. The quantitative estimate of drug-likeness (QED) is 0.722. The number of likely N-dealkylation sites (tertiary alicyclic amines) is 1. The van der Waals surface area contributed by atoms with Crippen molar-refractivity contribution in [1.29, 1.82) is 0 Å². The van der Waals surface area contributed by atoms with E-state index in [0.717, 1.165) is 13.1 Å². The normalized spacial score (nSPS) is 24.0. The molecule has 1 heterocycles. The lowest BCUT2D eigenvalue weighted by molar-refractivity contribution is 0.0261. The molecule has 0 saturated carbocycles. The van der Waals surface area contributed by atoms with Crippen LogP contribution in [0.4, 0.5) is 0 Å². The molecule has 2 N–H and O–H groups in total. The van der Waals surface area contributed by atoms with Crippen LogP contribution in [0.2, 0.25) is 0 Å². The van der Waals surface area contributed by atoms with Crippen molar-refractivity contribution in [2.24, 2.45) is 11.3 Å². The molecule has 1 fully saturated rings. The van der Waals surface area contributed by atoms with Crippen LogP contribution in [0.5, 0.6) is 0 Å². The van der Waals surface area contributed by atoms with E-state index in [1.54, 1.807) is 0 Å². The van der Waals surface area contributed by atoms with E-state index in [0.29, 0.717) is 12.0 Å². The summed E-state index contributed by atoms with van der Waals surface area (Å²) in [6.45, 7) is 8.48. The van der Waals surface area contributed by atoms with Crippen molar-refractivity contribution < 1.29 is 10.2 Å². The zero-order chi connectivity index (χ0) is 11.5. The SMILES string of the molecule is CC(C)C1CCCN1CC(C)(CO)CO. The molecule has 1 unspecified atom stereocenters. The summed E-state index contributed by atoms with van der Waals surface area (Å²) in [5.41, 5.74) is -0.350. The Morgan fingerprint density at radius 1 is 1.33 bits per heavy atom. The fourth-order valence-electron chi connectivity index (χ4n) is 2.44. The van der Waals surface area contributed by atoms with Gasteiger partial charge in [0.1, 0.15) is 0 Å². The average Bonchev–Trinajstić information content (AvgIpc) is 2.65. The minimum atomic E-state index is -0.350. The Labute approximate surface area is 93.1 Å². The molecule has 0 spiro atoms. The standard InChI is InChI=1S/C12H25NO2/c1-10(2)11-5-4-6-13(11)7-12(3,8-14)9-15/h10-11,14-15H,4-9H2,1-3H3. The van der Waals surface area contributed by atoms with E-state index in [1.807, 2.05) is 6.92 Å². The maximum absolute atomic E-state index is 9.28. The van der Waals surface area contributed by atoms with Crippen molar-refractivity contribution in [2.75, 3.05) is 26.3 Å². The van der Waals surface area contributed by atoms with Gasteiger partial charge in [-0.1, -0.05) is 20.8 Å². The lowest BCUT2D eigenvalue weighted by atomic mass is 9.91. The zero-order valence-corrected chi connectivity index (χ0v) is 10.2. The van der Waals surface area contributed by atoms with E-state index in [-0.39, 0.29) is 18.6 Å². The molecule has 3 heteroatoms. The predicted molar refractivity (Wildman–Crippen MR) is 61.7 cm³/mol. The summed E-state index contributed by atoms with van der Waals surface area (Å²) < 4.78 is 0. The van der Waals surface area contributed by atoms with Gasteiger partial charge in [0.2, 0.25) is 0 Å². The highest BCUT2D eigenvalue weighted by molar-refractivity contribution is 4.86. The first-order valence-electron chi connectivity index (χ1n) is 5.98. The number of hydrogen-bond acceptors (Lipinski definition) is 3. The molecule has 1 saturated heterocycles. The van der Waals surface area contributed by atoms with Gasteiger partial charge in [-0.3, -0.25) is 4.90 Å². The molecule has 0 aromatic carbocycles. The van der Waals surface area contributed by atoms with Crippen LogP contribution in [-0.2, 0) is 0 Å². The van der Waals surface area contributed by atoms with E-state index < -0.39 is 0 Å². The number of aliphatic hydroxyl groups excluding tert-OH is 2. The van der Waals surface area contributed by atoms with E-state index in [2.05, 4.69) is 18.7 Å². The van der Waals surface area contributed by atoms with Gasteiger partial charge in [0, 0.05) is 18.0 Å². The first kappa shape index (κ1) is 12.9. The van der Waals surface area contributed by atoms with Gasteiger partial charge in [-0.15, -0.1) is 0 Å². The third-order valence-electron chi connectivity index (χ3n) is 3.53. The zero-order valence-electron chi connectivity index (χ0n) is 10.2. The molecule has 1 rings (SSSR count). The van der Waals surface area contributed by atoms with Crippen molar-refractivity contribution in [1.82, 2.24) is 4.90 Å². The third kappa shape index (κ3) is 3.16. The molecule has 1 atom stereocenters. The summed E-state index contributed by atoms with van der Waals surface area (Å²) in [6, 6.07) is 0.627. The molecule has 3 nitrogen and oxygen atoms in total. The molecule has 0 amide bonds. The van der Waals surface area contributed by atoms with Gasteiger partial charge >= 0.3 is 0 Å². The van der Waals surface area contributed by atoms with E-state index >= 15 is 0 Å². The molecule has 0 radical (unpaired) electrons. The molecule has 0 aromatic heterocycles. The molecule has 1 aliphatic heterocycles. The second-order valence-corrected chi connectivity index (χ2v) is 5.55. The molecule has 15 heavy (non-hydrogen) atoms. The molecule has 90 valence electrons. The lowest BCUT2D eigenvalue weighted by Gasteiger charge is -2.35. The largest absolute Gasteiger partial charge is 0.396 e. The summed E-state index contributed by atoms with van der Waals surface area (Å²) >= 11 is 0. The maximum Gasteiger partial charge on any atom is 0.0519 e. The summed E-state index contributed by atoms with van der Waals surface area (Å²) in [5.74, 6) is 0.661. The average molecular weight is 215 g/mol. The highest BCUT2D eigenvalue weighted by Crippen LogP contribution is 2.27. The Hall–Kier alpha value is -0.120. The van der Waals surface area contributed by atoms with Crippen molar-refractivity contribution in [3.8, 4) is 0 Å². The lowest BCUT2D eigenvalue weighted by Crippen LogP contribution is -2.44. The van der Waals surface area contributed by atoms with Gasteiger partial charge < -0.3 is 10.2 Å². The van der Waals surface area contributed by atoms with Crippen molar-refractivity contribution in [2.45, 2.75) is 39.7 Å². The number of nitrogens with zero attached hydrogens (tertiary/aromatic N) is 1. The van der Waals surface area contributed by atoms with Crippen LogP contribution in [0.15, 0.2) is 0 Å². The minimum Gasteiger partial charge on any atom is -0.396 e. The Bertz CT molecular complexity index is 190. The summed E-state index contributed by atoms with van der Waals surface area (Å²) in [7, 11) is 0. The van der Waals surface area contributed by atoms with Crippen molar-refractivity contribution >= 4 is 0 Å². The summed E-state index contributed by atoms with van der Waals surface area (Å²) in [5, 5.41) is 18.6. The molecule has 0 bridgehead atoms. The molecule has 0 aliphatic carbocycles. The van der Waals surface area contributed by atoms with Gasteiger partial charge in [-0.25, -0.2) is 0 Å². The predicted octanol–water partition coefficient (Wildman–Crippen LogP) is 1.10. The van der Waals surface area contributed by atoms with Gasteiger partial charge in [0.15, 0.2) is 0 Å². The van der Waals surface area contributed by atoms with Gasteiger partial charge in [0.25, 0.3) is 0 Å². The third-order valence-corrected chi connectivity index (χ3v) is 3.53. The molecular formula is C12H25NO2. The highest BCUT2D eigenvalue weighted by Gasteiger charge is 2.33. The Morgan fingerprint density at radius 3 is 2.40 bits per heavy atom. The van der Waals surface area contributed by atoms with Crippen molar-refractivity contribution in [3.63, 3.8) is 0 Å². The minimum absolute atomic E-state index is 0.0603. The van der Waals surface area contributed by atoms with Crippen LogP contribution < -0.4 is 0 Å². The van der Waals surface area contributed by atoms with Crippen LogP contribution in [0, 0.1) is 11.3 Å². The van der Waals surface area contributed by atoms with Crippen LogP contribution in [0.1, 0.15) is 33.6 Å². The first-order valence-corrected chi connectivity index (χ1v) is 5.98. The first-order chi connectivity index (χ1) is 7.02. The fourth-order valence-corrected chi connectivity index (χ4v) is 2.44. The van der Waals surface area contributed by atoms with E-state index in [9.17, 15) is 10.2 Å². The molecular weight excluding hydrogens is 190 g/mol. The maximum atomic E-state index is 9.28. The van der Waals surface area contributed by atoms with E-state index in [4.69, 9.17) is 0 Å². The van der Waals surface area contributed by atoms with E-state index in [1.165, 1.54) is 12.8 Å². The second-order valence-electron chi connectivity index (χ2n) is 5.55. The fraction of sp³-hybridized carbons (Fsp3) is 1.00. The Balaban J connectivity index is 2.56.